The van der Waals surface area contributed by atoms with E-state index < -0.39 is 0 Å². The summed E-state index contributed by atoms with van der Waals surface area (Å²) in [6.45, 7) is 2.22. The van der Waals surface area contributed by atoms with Crippen molar-refractivity contribution < 1.29 is 0 Å². The maximum absolute atomic E-state index is 4.30. The molecule has 0 radical (unpaired) electrons. The van der Waals surface area contributed by atoms with E-state index in [-0.39, 0.29) is 0 Å². The van der Waals surface area contributed by atoms with Gasteiger partial charge in [-0.2, -0.15) is 0 Å². The second kappa shape index (κ2) is 3.35. The minimum absolute atomic E-state index is 0.412. The highest BCUT2D eigenvalue weighted by molar-refractivity contribution is 5.79. The fourth-order valence-corrected chi connectivity index (χ4v) is 2.03. The Hall–Kier alpha value is -1.35. The zero-order chi connectivity index (χ0) is 10.3. The molecule has 1 aliphatic carbocycles. The molecule has 2 N–H and O–H groups in total. The van der Waals surface area contributed by atoms with Gasteiger partial charge in [-0.1, -0.05) is 0 Å². The van der Waals surface area contributed by atoms with Gasteiger partial charge in [0.1, 0.15) is 5.65 Å². The zero-order valence-corrected chi connectivity index (χ0v) is 8.83. The van der Waals surface area contributed by atoms with Crippen LogP contribution < -0.4 is 5.32 Å². The lowest BCUT2D eigenvalue weighted by Gasteiger charge is -2.11. The lowest BCUT2D eigenvalue weighted by molar-refractivity contribution is 0.574. The quantitative estimate of drug-likeness (QED) is 0.800. The molecule has 3 heteroatoms. The van der Waals surface area contributed by atoms with E-state index in [1.54, 1.807) is 0 Å². The van der Waals surface area contributed by atoms with E-state index in [0.717, 1.165) is 11.7 Å². The largest absolute Gasteiger partial charge is 0.346 e. The number of hydrogen-bond acceptors (Lipinski definition) is 2. The molecule has 2 heterocycles. The van der Waals surface area contributed by atoms with Crippen LogP contribution in [0.4, 0.5) is 0 Å². The van der Waals surface area contributed by atoms with E-state index in [9.17, 15) is 0 Å². The maximum Gasteiger partial charge on any atom is 0.137 e. The van der Waals surface area contributed by atoms with Crippen molar-refractivity contribution in [1.82, 2.24) is 15.3 Å². The summed E-state index contributed by atoms with van der Waals surface area (Å²) >= 11 is 0. The van der Waals surface area contributed by atoms with E-state index in [1.807, 2.05) is 12.3 Å². The normalized spacial score (nSPS) is 18.2. The number of fused-ring (bicyclic) bond motifs is 1. The molecule has 3 rings (SSSR count). The van der Waals surface area contributed by atoms with Crippen molar-refractivity contribution in [2.75, 3.05) is 0 Å². The Morgan fingerprint density at radius 1 is 1.53 bits per heavy atom. The van der Waals surface area contributed by atoms with Crippen molar-refractivity contribution in [1.29, 1.82) is 0 Å². The number of aromatic nitrogens is 2. The third kappa shape index (κ3) is 1.63. The standard InChI is InChI=1S/C12H15N3/c1-8(15-9-4-5-9)11-7-14-12-10(11)3-2-6-13-12/h2-3,6-9,15H,4-5H2,1H3,(H,13,14). The summed E-state index contributed by atoms with van der Waals surface area (Å²) in [7, 11) is 0. The first-order valence-corrected chi connectivity index (χ1v) is 5.52. The fourth-order valence-electron chi connectivity index (χ4n) is 2.03. The highest BCUT2D eigenvalue weighted by atomic mass is 15.0. The molecule has 1 atom stereocenters. The number of nitrogens with zero attached hydrogens (tertiary/aromatic N) is 1. The molecular formula is C12H15N3. The first-order valence-electron chi connectivity index (χ1n) is 5.52. The minimum Gasteiger partial charge on any atom is -0.346 e. The van der Waals surface area contributed by atoms with E-state index in [1.165, 1.54) is 23.8 Å². The molecule has 3 nitrogen and oxygen atoms in total. The number of aromatic amines is 1. The Bertz CT molecular complexity index is 470. The van der Waals surface area contributed by atoms with Gasteiger partial charge in [-0.05, 0) is 37.5 Å². The van der Waals surface area contributed by atoms with Crippen LogP contribution in [0.25, 0.3) is 11.0 Å². The van der Waals surface area contributed by atoms with E-state index in [2.05, 4.69) is 34.5 Å². The Labute approximate surface area is 88.9 Å². The Kier molecular flexibility index (Phi) is 1.99. The average molecular weight is 201 g/mol. The van der Waals surface area contributed by atoms with Crippen LogP contribution in [0.5, 0.6) is 0 Å². The summed E-state index contributed by atoms with van der Waals surface area (Å²) in [5, 5.41) is 4.83. The smallest absolute Gasteiger partial charge is 0.137 e. The molecule has 1 unspecified atom stereocenters. The molecule has 2 aromatic rings. The summed E-state index contributed by atoms with van der Waals surface area (Å²) in [5.74, 6) is 0. The molecule has 0 aromatic carbocycles. The predicted molar refractivity (Wildman–Crippen MR) is 60.7 cm³/mol. The molecule has 0 bridgehead atoms. The highest BCUT2D eigenvalue weighted by Gasteiger charge is 2.24. The Balaban J connectivity index is 1.95. The number of pyridine rings is 1. The molecule has 2 aromatic heterocycles. The van der Waals surface area contributed by atoms with Gasteiger partial charge in [0.05, 0.1) is 0 Å². The first-order chi connectivity index (χ1) is 7.34. The van der Waals surface area contributed by atoms with Gasteiger partial charge in [0.2, 0.25) is 0 Å². The number of rotatable bonds is 3. The van der Waals surface area contributed by atoms with Gasteiger partial charge in [0, 0.05) is 29.9 Å². The van der Waals surface area contributed by atoms with Crippen LogP contribution in [0.15, 0.2) is 24.5 Å². The Morgan fingerprint density at radius 2 is 2.40 bits per heavy atom. The average Bonchev–Trinajstić information content (AvgIpc) is 2.96. The molecule has 0 spiro atoms. The van der Waals surface area contributed by atoms with Gasteiger partial charge in [-0.15, -0.1) is 0 Å². The van der Waals surface area contributed by atoms with Crippen LogP contribution in [0.1, 0.15) is 31.4 Å². The molecule has 78 valence electrons. The topological polar surface area (TPSA) is 40.7 Å². The van der Waals surface area contributed by atoms with Crippen molar-refractivity contribution in [3.63, 3.8) is 0 Å². The second-order valence-corrected chi connectivity index (χ2v) is 4.31. The van der Waals surface area contributed by atoms with Crippen LogP contribution in [-0.4, -0.2) is 16.0 Å². The van der Waals surface area contributed by atoms with Crippen LogP contribution in [-0.2, 0) is 0 Å². The summed E-state index contributed by atoms with van der Waals surface area (Å²) < 4.78 is 0. The lowest BCUT2D eigenvalue weighted by Crippen LogP contribution is -2.20. The van der Waals surface area contributed by atoms with Gasteiger partial charge >= 0.3 is 0 Å². The van der Waals surface area contributed by atoms with Gasteiger partial charge in [-0.25, -0.2) is 4.98 Å². The second-order valence-electron chi connectivity index (χ2n) is 4.31. The zero-order valence-electron chi connectivity index (χ0n) is 8.83. The van der Waals surface area contributed by atoms with Crippen LogP contribution >= 0.6 is 0 Å². The van der Waals surface area contributed by atoms with E-state index in [0.29, 0.717) is 6.04 Å². The summed E-state index contributed by atoms with van der Waals surface area (Å²) in [4.78, 5) is 7.51. The molecule has 0 saturated heterocycles. The highest BCUT2D eigenvalue weighted by Crippen LogP contribution is 2.27. The maximum atomic E-state index is 4.30. The molecular weight excluding hydrogens is 186 g/mol. The summed E-state index contributed by atoms with van der Waals surface area (Å²) in [6.07, 6.45) is 6.54. The molecule has 0 amide bonds. The van der Waals surface area contributed by atoms with Crippen molar-refractivity contribution in [2.24, 2.45) is 0 Å². The SMILES string of the molecule is CC(NC1CC1)c1c[nH]c2ncccc12. The van der Waals surface area contributed by atoms with Gasteiger partial charge in [0.25, 0.3) is 0 Å². The Morgan fingerprint density at radius 3 is 3.20 bits per heavy atom. The molecule has 0 aliphatic heterocycles. The summed E-state index contributed by atoms with van der Waals surface area (Å²) in [6, 6.07) is 5.26. The van der Waals surface area contributed by atoms with Crippen molar-refractivity contribution >= 4 is 11.0 Å². The third-order valence-corrected chi connectivity index (χ3v) is 3.01. The van der Waals surface area contributed by atoms with Crippen molar-refractivity contribution in [3.05, 3.63) is 30.1 Å². The third-order valence-electron chi connectivity index (χ3n) is 3.01. The number of H-pyrrole nitrogens is 1. The van der Waals surface area contributed by atoms with E-state index in [4.69, 9.17) is 0 Å². The predicted octanol–water partition coefficient (Wildman–Crippen LogP) is 2.38. The molecule has 1 fully saturated rings. The van der Waals surface area contributed by atoms with Crippen LogP contribution in [0.3, 0.4) is 0 Å². The number of hydrogen-bond donors (Lipinski definition) is 2. The fraction of sp³-hybridized carbons (Fsp3) is 0.417. The minimum atomic E-state index is 0.412. The molecule has 15 heavy (non-hydrogen) atoms. The molecule has 1 aliphatic rings. The van der Waals surface area contributed by atoms with Crippen LogP contribution in [0, 0.1) is 0 Å². The van der Waals surface area contributed by atoms with Gasteiger partial charge in [0.15, 0.2) is 0 Å². The first kappa shape index (κ1) is 8.92. The lowest BCUT2D eigenvalue weighted by atomic mass is 10.1. The van der Waals surface area contributed by atoms with E-state index >= 15 is 0 Å². The van der Waals surface area contributed by atoms with Gasteiger partial charge in [-0.3, -0.25) is 0 Å². The van der Waals surface area contributed by atoms with Gasteiger partial charge < -0.3 is 10.3 Å². The number of nitrogens with one attached hydrogen (secondary N) is 2. The van der Waals surface area contributed by atoms with Crippen molar-refractivity contribution in [3.8, 4) is 0 Å². The molecule has 1 saturated carbocycles. The summed E-state index contributed by atoms with van der Waals surface area (Å²) in [5.41, 5.74) is 2.31. The monoisotopic (exact) mass is 201 g/mol. The van der Waals surface area contributed by atoms with Crippen molar-refractivity contribution in [2.45, 2.75) is 31.8 Å². The van der Waals surface area contributed by atoms with Crippen LogP contribution in [0.2, 0.25) is 0 Å².